The molecule has 0 fully saturated rings. The van der Waals surface area contributed by atoms with Crippen LogP contribution in [-0.4, -0.2) is 9.97 Å². The van der Waals surface area contributed by atoms with Crippen molar-refractivity contribution >= 4 is 11.4 Å². The number of aromatic nitrogens is 2. The van der Waals surface area contributed by atoms with Crippen LogP contribution in [0.25, 0.3) is 22.4 Å². The fourth-order valence-electron chi connectivity index (χ4n) is 2.79. The Kier molecular flexibility index (Phi) is 4.21. The quantitative estimate of drug-likeness (QED) is 0.535. The van der Waals surface area contributed by atoms with E-state index < -0.39 is 0 Å². The average molecular weight is 323 g/mol. The predicted molar refractivity (Wildman–Crippen MR) is 103 cm³/mol. The minimum absolute atomic E-state index is 0.944. The molecule has 1 N–H and O–H groups in total. The molecule has 3 heteroatoms. The molecule has 3 aromatic carbocycles. The second-order valence-corrected chi connectivity index (χ2v) is 5.72. The van der Waals surface area contributed by atoms with Crippen LogP contribution < -0.4 is 5.32 Å². The third-order valence-corrected chi connectivity index (χ3v) is 4.02. The number of nitrogens with zero attached hydrogens (tertiary/aromatic N) is 2. The number of hydrogen-bond donors (Lipinski definition) is 1. The summed E-state index contributed by atoms with van der Waals surface area (Å²) in [6, 6.07) is 28.7. The Bertz CT molecular complexity index is 949. The highest BCUT2D eigenvalue weighted by atomic mass is 14.9. The van der Waals surface area contributed by atoms with E-state index in [0.29, 0.717) is 0 Å². The minimum atomic E-state index is 0.944. The van der Waals surface area contributed by atoms with Gasteiger partial charge >= 0.3 is 0 Å². The molecule has 0 aliphatic rings. The Morgan fingerprint density at radius 3 is 1.96 bits per heavy atom. The minimum Gasteiger partial charge on any atom is -0.356 e. The molecule has 3 nitrogen and oxygen atoms in total. The zero-order valence-electron chi connectivity index (χ0n) is 13.6. The molecule has 0 unspecified atom stereocenters. The van der Waals surface area contributed by atoms with E-state index in [1.807, 2.05) is 54.7 Å². The van der Waals surface area contributed by atoms with Crippen molar-refractivity contribution < 1.29 is 0 Å². The van der Waals surface area contributed by atoms with Gasteiger partial charge < -0.3 is 5.32 Å². The molecule has 0 radical (unpaired) electrons. The lowest BCUT2D eigenvalue weighted by Crippen LogP contribution is -1.92. The third kappa shape index (κ3) is 3.40. The average Bonchev–Trinajstić information content (AvgIpc) is 2.70. The van der Waals surface area contributed by atoms with Crippen LogP contribution in [0.3, 0.4) is 0 Å². The van der Waals surface area contributed by atoms with E-state index in [1.165, 1.54) is 0 Å². The standard InChI is InChI=1S/C22H17N3/c1-3-7-18(8-4-1)22-21(15-23-16-24-22)17-11-13-20(14-12-17)25-19-9-5-2-6-10-19/h1-16,25H. The van der Waals surface area contributed by atoms with Crippen LogP contribution in [0, 0.1) is 0 Å². The van der Waals surface area contributed by atoms with Gasteiger partial charge in [0, 0.05) is 28.7 Å². The zero-order chi connectivity index (χ0) is 16.9. The number of anilines is 2. The van der Waals surface area contributed by atoms with Crippen molar-refractivity contribution in [1.82, 2.24) is 9.97 Å². The van der Waals surface area contributed by atoms with Crippen LogP contribution in [0.2, 0.25) is 0 Å². The van der Waals surface area contributed by atoms with Crippen LogP contribution >= 0.6 is 0 Å². The molecule has 1 aromatic heterocycles. The lowest BCUT2D eigenvalue weighted by molar-refractivity contribution is 1.17. The molecular weight excluding hydrogens is 306 g/mol. The number of benzene rings is 3. The second kappa shape index (κ2) is 6.97. The topological polar surface area (TPSA) is 37.8 Å². The van der Waals surface area contributed by atoms with Crippen molar-refractivity contribution in [3.8, 4) is 22.4 Å². The first-order valence-electron chi connectivity index (χ1n) is 8.18. The summed E-state index contributed by atoms with van der Waals surface area (Å²) in [5.74, 6) is 0. The highest BCUT2D eigenvalue weighted by Gasteiger charge is 2.08. The SMILES string of the molecule is c1ccc(Nc2ccc(-c3cncnc3-c3ccccc3)cc2)cc1. The molecule has 0 aliphatic carbocycles. The van der Waals surface area contributed by atoms with E-state index in [4.69, 9.17) is 0 Å². The number of hydrogen-bond acceptors (Lipinski definition) is 3. The van der Waals surface area contributed by atoms with Crippen LogP contribution in [-0.2, 0) is 0 Å². The number of rotatable bonds is 4. The normalized spacial score (nSPS) is 10.4. The van der Waals surface area contributed by atoms with Crippen molar-refractivity contribution in [2.45, 2.75) is 0 Å². The predicted octanol–water partition coefficient (Wildman–Crippen LogP) is 5.55. The number of para-hydroxylation sites is 1. The molecule has 0 spiro atoms. The third-order valence-electron chi connectivity index (χ3n) is 4.02. The van der Waals surface area contributed by atoms with Gasteiger partial charge in [-0.3, -0.25) is 0 Å². The molecule has 1 heterocycles. The van der Waals surface area contributed by atoms with Gasteiger partial charge in [0.2, 0.25) is 0 Å². The highest BCUT2D eigenvalue weighted by molar-refractivity contribution is 5.80. The first-order chi connectivity index (χ1) is 12.4. The van der Waals surface area contributed by atoms with Gasteiger partial charge in [-0.2, -0.15) is 0 Å². The van der Waals surface area contributed by atoms with E-state index in [1.54, 1.807) is 6.33 Å². The summed E-state index contributed by atoms with van der Waals surface area (Å²) in [6.07, 6.45) is 3.46. The first kappa shape index (κ1) is 15.1. The summed E-state index contributed by atoms with van der Waals surface area (Å²) in [4.78, 5) is 8.70. The Morgan fingerprint density at radius 2 is 1.24 bits per heavy atom. The molecule has 0 saturated heterocycles. The molecule has 4 aromatic rings. The Labute approximate surface area is 147 Å². The fourth-order valence-corrected chi connectivity index (χ4v) is 2.79. The molecule has 0 bridgehead atoms. The van der Waals surface area contributed by atoms with Gasteiger partial charge in [-0.15, -0.1) is 0 Å². The summed E-state index contributed by atoms with van der Waals surface area (Å²) in [6.45, 7) is 0. The van der Waals surface area contributed by atoms with Crippen LogP contribution in [0.1, 0.15) is 0 Å². The summed E-state index contributed by atoms with van der Waals surface area (Å²) in [5, 5.41) is 3.40. The van der Waals surface area contributed by atoms with Crippen molar-refractivity contribution in [3.05, 3.63) is 97.5 Å². The second-order valence-electron chi connectivity index (χ2n) is 5.72. The summed E-state index contributed by atoms with van der Waals surface area (Å²) in [5.41, 5.74) is 6.28. The maximum absolute atomic E-state index is 4.49. The van der Waals surface area contributed by atoms with Crippen LogP contribution in [0.5, 0.6) is 0 Å². The van der Waals surface area contributed by atoms with Crippen molar-refractivity contribution in [2.75, 3.05) is 5.32 Å². The summed E-state index contributed by atoms with van der Waals surface area (Å²) < 4.78 is 0. The number of nitrogens with one attached hydrogen (secondary N) is 1. The van der Waals surface area contributed by atoms with E-state index in [9.17, 15) is 0 Å². The molecule has 120 valence electrons. The van der Waals surface area contributed by atoms with E-state index in [-0.39, 0.29) is 0 Å². The fraction of sp³-hybridized carbons (Fsp3) is 0. The lowest BCUT2D eigenvalue weighted by Gasteiger charge is -2.10. The largest absolute Gasteiger partial charge is 0.356 e. The van der Waals surface area contributed by atoms with E-state index in [2.05, 4.69) is 51.7 Å². The molecule has 0 saturated carbocycles. The highest BCUT2D eigenvalue weighted by Crippen LogP contribution is 2.30. The smallest absolute Gasteiger partial charge is 0.116 e. The monoisotopic (exact) mass is 323 g/mol. The maximum atomic E-state index is 4.49. The van der Waals surface area contributed by atoms with Crippen molar-refractivity contribution in [3.63, 3.8) is 0 Å². The van der Waals surface area contributed by atoms with Gasteiger partial charge in [0.15, 0.2) is 0 Å². The Hall–Kier alpha value is -3.46. The van der Waals surface area contributed by atoms with Crippen LogP contribution in [0.4, 0.5) is 11.4 Å². The van der Waals surface area contributed by atoms with Crippen molar-refractivity contribution in [1.29, 1.82) is 0 Å². The first-order valence-corrected chi connectivity index (χ1v) is 8.18. The van der Waals surface area contributed by atoms with Crippen molar-refractivity contribution in [2.24, 2.45) is 0 Å². The van der Waals surface area contributed by atoms with E-state index >= 15 is 0 Å². The maximum Gasteiger partial charge on any atom is 0.116 e. The van der Waals surface area contributed by atoms with Gasteiger partial charge in [0.25, 0.3) is 0 Å². The molecule has 4 rings (SSSR count). The van der Waals surface area contributed by atoms with Gasteiger partial charge in [0.1, 0.15) is 6.33 Å². The molecule has 0 aliphatic heterocycles. The molecular formula is C22H17N3. The van der Waals surface area contributed by atoms with Gasteiger partial charge in [-0.1, -0.05) is 60.7 Å². The molecule has 0 amide bonds. The molecule has 25 heavy (non-hydrogen) atoms. The van der Waals surface area contributed by atoms with E-state index in [0.717, 1.165) is 33.8 Å². The Morgan fingerprint density at radius 1 is 0.600 bits per heavy atom. The van der Waals surface area contributed by atoms with Gasteiger partial charge in [-0.25, -0.2) is 9.97 Å². The summed E-state index contributed by atoms with van der Waals surface area (Å²) >= 11 is 0. The summed E-state index contributed by atoms with van der Waals surface area (Å²) in [7, 11) is 0. The van der Waals surface area contributed by atoms with Crippen LogP contribution in [0.15, 0.2) is 97.5 Å². The van der Waals surface area contributed by atoms with Gasteiger partial charge in [0.05, 0.1) is 5.69 Å². The van der Waals surface area contributed by atoms with Gasteiger partial charge in [-0.05, 0) is 29.8 Å². The lowest BCUT2D eigenvalue weighted by atomic mass is 10.0. The zero-order valence-corrected chi connectivity index (χ0v) is 13.6. The molecule has 0 atom stereocenters. The Balaban J connectivity index is 1.65.